The smallest absolute Gasteiger partial charge is 0.311 e. The number of anilines is 1. The minimum Gasteiger partial charge on any atom is -0.490 e. The molecular weight excluding hydrogens is 460 g/mol. The summed E-state index contributed by atoms with van der Waals surface area (Å²) in [4.78, 5) is 46.1. The number of esters is 1. The number of methoxy groups -OCH3 is 1. The van der Waals surface area contributed by atoms with Crippen molar-refractivity contribution in [2.75, 3.05) is 19.0 Å². The summed E-state index contributed by atoms with van der Waals surface area (Å²) in [5, 5.41) is 13.7. The van der Waals surface area contributed by atoms with Crippen LogP contribution >= 0.6 is 15.9 Å². The van der Waals surface area contributed by atoms with E-state index in [1.54, 1.807) is 24.3 Å². The lowest BCUT2D eigenvalue weighted by atomic mass is 10.1. The van der Waals surface area contributed by atoms with E-state index < -0.39 is 23.3 Å². The Morgan fingerprint density at radius 1 is 1.10 bits per heavy atom. The fourth-order valence-electron chi connectivity index (χ4n) is 2.46. The highest BCUT2D eigenvalue weighted by molar-refractivity contribution is 9.10. The number of nitrogens with zero attached hydrogens (tertiary/aromatic N) is 1. The van der Waals surface area contributed by atoms with Crippen LogP contribution in [-0.2, 0) is 14.3 Å². The minimum atomic E-state index is -0.666. The first kappa shape index (κ1) is 23.0. The van der Waals surface area contributed by atoms with E-state index in [2.05, 4.69) is 21.2 Å². The van der Waals surface area contributed by atoms with E-state index in [1.165, 1.54) is 19.2 Å². The van der Waals surface area contributed by atoms with Crippen molar-refractivity contribution in [3.63, 3.8) is 0 Å². The molecule has 0 aliphatic heterocycles. The largest absolute Gasteiger partial charge is 0.490 e. The third-order valence-electron chi connectivity index (χ3n) is 3.97. The van der Waals surface area contributed by atoms with Gasteiger partial charge >= 0.3 is 11.7 Å². The van der Waals surface area contributed by atoms with Crippen LogP contribution in [0.15, 0.2) is 46.9 Å². The van der Waals surface area contributed by atoms with Crippen LogP contribution in [0.4, 0.5) is 11.4 Å². The van der Waals surface area contributed by atoms with Crippen molar-refractivity contribution in [1.29, 1.82) is 0 Å². The normalized spacial score (nSPS) is 10.2. The van der Waals surface area contributed by atoms with E-state index in [-0.39, 0.29) is 42.2 Å². The number of nitrogens with one attached hydrogen (secondary N) is 1. The molecule has 2 aromatic rings. The molecule has 0 radical (unpaired) electrons. The Labute approximate surface area is 180 Å². The van der Waals surface area contributed by atoms with Gasteiger partial charge in [-0.2, -0.15) is 0 Å². The van der Waals surface area contributed by atoms with E-state index >= 15 is 0 Å². The summed E-state index contributed by atoms with van der Waals surface area (Å²) in [6, 6.07) is 10.8. The van der Waals surface area contributed by atoms with E-state index in [1.807, 2.05) is 0 Å². The fourth-order valence-corrected chi connectivity index (χ4v) is 2.72. The topological polar surface area (TPSA) is 125 Å². The third-order valence-corrected chi connectivity index (χ3v) is 4.50. The molecule has 9 nitrogen and oxygen atoms in total. The Morgan fingerprint density at radius 2 is 1.80 bits per heavy atom. The average molecular weight is 479 g/mol. The minimum absolute atomic E-state index is 0.0231. The van der Waals surface area contributed by atoms with Gasteiger partial charge in [0.25, 0.3) is 0 Å². The van der Waals surface area contributed by atoms with Gasteiger partial charge in [-0.25, -0.2) is 0 Å². The number of hydrogen-bond donors (Lipinski definition) is 1. The number of benzene rings is 2. The average Bonchev–Trinajstić information content (AvgIpc) is 2.73. The molecule has 0 aromatic heterocycles. The number of ether oxygens (including phenoxy) is 2. The molecule has 1 N–H and O–H groups in total. The lowest BCUT2D eigenvalue weighted by Gasteiger charge is -2.07. The number of Topliss-reactive ketones (excluding diaryl/α,β-unsaturated/α-hetero) is 1. The van der Waals surface area contributed by atoms with Gasteiger partial charge in [-0.3, -0.25) is 24.5 Å². The summed E-state index contributed by atoms with van der Waals surface area (Å²) in [5.41, 5.74) is 0.320. The molecule has 0 atom stereocenters. The first-order valence-electron chi connectivity index (χ1n) is 8.87. The SMILES string of the molecule is COc1ccc(C(=O)COC(=O)CCCC(=O)Nc2ccc(Br)cc2)cc1[N+](=O)[O-]. The number of carbonyl (C=O) groups is 3. The van der Waals surface area contributed by atoms with E-state index in [0.717, 1.165) is 10.5 Å². The molecule has 2 rings (SSSR count). The number of ketones is 1. The van der Waals surface area contributed by atoms with Gasteiger partial charge in [0.2, 0.25) is 11.7 Å². The van der Waals surface area contributed by atoms with Crippen molar-refractivity contribution in [3.8, 4) is 5.75 Å². The molecule has 0 aliphatic carbocycles. The van der Waals surface area contributed by atoms with Gasteiger partial charge in [0.1, 0.15) is 0 Å². The fraction of sp³-hybridized carbons (Fsp3) is 0.250. The van der Waals surface area contributed by atoms with Crippen molar-refractivity contribution in [3.05, 3.63) is 62.6 Å². The van der Waals surface area contributed by atoms with Gasteiger partial charge in [0.05, 0.1) is 12.0 Å². The van der Waals surface area contributed by atoms with Crippen molar-refractivity contribution in [2.45, 2.75) is 19.3 Å². The molecule has 0 fully saturated rings. The second-order valence-corrected chi connectivity index (χ2v) is 7.05. The zero-order valence-electron chi connectivity index (χ0n) is 16.1. The summed E-state index contributed by atoms with van der Waals surface area (Å²) < 4.78 is 10.7. The summed E-state index contributed by atoms with van der Waals surface area (Å²) in [6.45, 7) is -0.548. The molecule has 0 saturated carbocycles. The lowest BCUT2D eigenvalue weighted by molar-refractivity contribution is -0.385. The van der Waals surface area contributed by atoms with Gasteiger partial charge < -0.3 is 14.8 Å². The molecule has 30 heavy (non-hydrogen) atoms. The summed E-state index contributed by atoms with van der Waals surface area (Å²) in [7, 11) is 1.28. The Balaban J connectivity index is 1.75. The maximum absolute atomic E-state index is 12.1. The highest BCUT2D eigenvalue weighted by atomic mass is 79.9. The number of halogens is 1. The third kappa shape index (κ3) is 6.96. The summed E-state index contributed by atoms with van der Waals surface area (Å²) in [6.07, 6.45) is 0.330. The number of rotatable bonds is 10. The Bertz CT molecular complexity index is 945. The van der Waals surface area contributed by atoms with Gasteiger partial charge in [0.15, 0.2) is 12.4 Å². The monoisotopic (exact) mass is 478 g/mol. The van der Waals surface area contributed by atoms with Crippen LogP contribution in [0.3, 0.4) is 0 Å². The Kier molecular flexibility index (Phi) is 8.48. The van der Waals surface area contributed by atoms with Gasteiger partial charge in [-0.1, -0.05) is 15.9 Å². The predicted molar refractivity (Wildman–Crippen MR) is 112 cm³/mol. The number of hydrogen-bond acceptors (Lipinski definition) is 7. The van der Waals surface area contributed by atoms with Crippen LogP contribution < -0.4 is 10.1 Å². The maximum atomic E-state index is 12.1. The second-order valence-electron chi connectivity index (χ2n) is 6.14. The zero-order chi connectivity index (χ0) is 22.1. The number of nitro groups is 1. The molecule has 0 bridgehead atoms. The standard InChI is InChI=1S/C20H19BrN2O7/c1-29-18-10-5-13(11-16(18)23(27)28)17(24)12-30-20(26)4-2-3-19(25)22-15-8-6-14(21)7-9-15/h5-11H,2-4,12H2,1H3,(H,22,25). The zero-order valence-corrected chi connectivity index (χ0v) is 17.6. The highest BCUT2D eigenvalue weighted by Gasteiger charge is 2.19. The predicted octanol–water partition coefficient (Wildman–Crippen LogP) is 3.90. The molecular formula is C20H19BrN2O7. The number of nitro benzene ring substituents is 1. The molecule has 0 heterocycles. The number of amides is 1. The van der Waals surface area contributed by atoms with Crippen LogP contribution in [0.5, 0.6) is 5.75 Å². The number of carbonyl (C=O) groups excluding carboxylic acids is 3. The first-order valence-corrected chi connectivity index (χ1v) is 9.66. The molecule has 0 saturated heterocycles. The summed E-state index contributed by atoms with van der Waals surface area (Å²) >= 11 is 3.30. The molecule has 0 aliphatic rings. The van der Waals surface area contributed by atoms with E-state index in [9.17, 15) is 24.5 Å². The molecule has 0 unspecified atom stereocenters. The highest BCUT2D eigenvalue weighted by Crippen LogP contribution is 2.27. The van der Waals surface area contributed by atoms with Gasteiger partial charge in [-0.05, 0) is 42.8 Å². The first-order chi connectivity index (χ1) is 14.3. The maximum Gasteiger partial charge on any atom is 0.311 e. The molecule has 2 aromatic carbocycles. The van der Waals surface area contributed by atoms with Crippen molar-refractivity contribution >= 4 is 45.0 Å². The molecule has 0 spiro atoms. The van der Waals surface area contributed by atoms with Crippen LogP contribution in [0, 0.1) is 10.1 Å². The van der Waals surface area contributed by atoms with Crippen LogP contribution in [0.25, 0.3) is 0 Å². The quantitative estimate of drug-likeness (QED) is 0.237. The van der Waals surface area contributed by atoms with Gasteiger partial charge in [0, 0.05) is 34.6 Å². The van der Waals surface area contributed by atoms with Crippen molar-refractivity contribution < 1.29 is 28.8 Å². The van der Waals surface area contributed by atoms with Crippen molar-refractivity contribution in [1.82, 2.24) is 0 Å². The van der Waals surface area contributed by atoms with Crippen LogP contribution in [0.1, 0.15) is 29.6 Å². The van der Waals surface area contributed by atoms with Crippen LogP contribution in [0.2, 0.25) is 0 Å². The van der Waals surface area contributed by atoms with E-state index in [0.29, 0.717) is 5.69 Å². The molecule has 10 heteroatoms. The van der Waals surface area contributed by atoms with Crippen molar-refractivity contribution in [2.24, 2.45) is 0 Å². The van der Waals surface area contributed by atoms with Gasteiger partial charge in [-0.15, -0.1) is 0 Å². The van der Waals surface area contributed by atoms with E-state index in [4.69, 9.17) is 9.47 Å². The molecule has 1 amide bonds. The summed E-state index contributed by atoms with van der Waals surface area (Å²) in [5.74, 6) is -1.44. The Hall–Kier alpha value is -3.27. The molecule has 158 valence electrons. The van der Waals surface area contributed by atoms with Crippen LogP contribution in [-0.4, -0.2) is 36.3 Å². The lowest BCUT2D eigenvalue weighted by Crippen LogP contribution is -2.15. The Morgan fingerprint density at radius 3 is 2.43 bits per heavy atom. The second kappa shape index (κ2) is 11.1.